The third-order valence-corrected chi connectivity index (χ3v) is 3.39. The van der Waals surface area contributed by atoms with E-state index in [9.17, 15) is 8.78 Å². The summed E-state index contributed by atoms with van der Waals surface area (Å²) in [5.74, 6) is -1.15. The molecular weight excluding hydrogens is 270 g/mol. The SMILES string of the molecule is Cc1ccc(N(C)c2c(F)cc(CC(C)N)cc2F)cc1. The number of benzene rings is 2. The number of rotatable bonds is 4. The van der Waals surface area contributed by atoms with Crippen molar-refractivity contribution < 1.29 is 8.78 Å². The molecule has 2 aromatic carbocycles. The van der Waals surface area contributed by atoms with Gasteiger partial charge in [-0.15, -0.1) is 0 Å². The molecule has 0 aliphatic rings. The number of hydrogen-bond acceptors (Lipinski definition) is 2. The largest absolute Gasteiger partial charge is 0.340 e. The van der Waals surface area contributed by atoms with Crippen LogP contribution in [0, 0.1) is 18.6 Å². The summed E-state index contributed by atoms with van der Waals surface area (Å²) < 4.78 is 28.5. The minimum absolute atomic E-state index is 0.0488. The molecule has 2 N–H and O–H groups in total. The van der Waals surface area contributed by atoms with E-state index in [2.05, 4.69) is 0 Å². The van der Waals surface area contributed by atoms with E-state index in [0.717, 1.165) is 11.3 Å². The summed E-state index contributed by atoms with van der Waals surface area (Å²) in [5.41, 5.74) is 8.03. The molecule has 112 valence electrons. The van der Waals surface area contributed by atoms with E-state index in [1.165, 1.54) is 17.0 Å². The highest BCUT2D eigenvalue weighted by molar-refractivity contribution is 5.64. The number of aryl methyl sites for hydroxylation is 1. The second kappa shape index (κ2) is 6.22. The Morgan fingerprint density at radius 1 is 1.10 bits per heavy atom. The lowest BCUT2D eigenvalue weighted by atomic mass is 10.1. The molecule has 0 aliphatic carbocycles. The Morgan fingerprint density at radius 2 is 1.62 bits per heavy atom. The van der Waals surface area contributed by atoms with Crippen molar-refractivity contribution in [1.29, 1.82) is 0 Å². The van der Waals surface area contributed by atoms with Gasteiger partial charge in [0, 0.05) is 18.8 Å². The molecule has 0 saturated carbocycles. The second-order valence-corrected chi connectivity index (χ2v) is 5.48. The highest BCUT2D eigenvalue weighted by Gasteiger charge is 2.17. The van der Waals surface area contributed by atoms with Crippen molar-refractivity contribution in [3.63, 3.8) is 0 Å². The molecule has 2 aromatic rings. The van der Waals surface area contributed by atoms with Crippen LogP contribution in [0.3, 0.4) is 0 Å². The van der Waals surface area contributed by atoms with E-state index >= 15 is 0 Å². The van der Waals surface area contributed by atoms with Crippen molar-refractivity contribution in [3.05, 3.63) is 59.2 Å². The maximum Gasteiger partial charge on any atom is 0.150 e. The third kappa shape index (κ3) is 3.58. The van der Waals surface area contributed by atoms with E-state index < -0.39 is 11.6 Å². The normalized spacial score (nSPS) is 12.3. The van der Waals surface area contributed by atoms with Gasteiger partial charge in [0.25, 0.3) is 0 Å². The van der Waals surface area contributed by atoms with Crippen molar-refractivity contribution in [2.24, 2.45) is 5.73 Å². The standard InChI is InChI=1S/C17H20F2N2/c1-11-4-6-14(7-5-11)21(3)17-15(18)9-13(8-12(2)20)10-16(17)19/h4-7,9-10,12H,8,20H2,1-3H3. The van der Waals surface area contributed by atoms with Crippen LogP contribution in [0.1, 0.15) is 18.1 Å². The van der Waals surface area contributed by atoms with Crippen LogP contribution in [0.4, 0.5) is 20.2 Å². The highest BCUT2D eigenvalue weighted by atomic mass is 19.1. The van der Waals surface area contributed by atoms with Crippen LogP contribution in [0.2, 0.25) is 0 Å². The zero-order chi connectivity index (χ0) is 15.6. The molecule has 2 nitrogen and oxygen atoms in total. The minimum atomic E-state index is -0.575. The summed E-state index contributed by atoms with van der Waals surface area (Å²) in [7, 11) is 1.65. The maximum atomic E-state index is 14.3. The molecule has 0 fully saturated rings. The molecule has 21 heavy (non-hydrogen) atoms. The topological polar surface area (TPSA) is 29.3 Å². The van der Waals surface area contributed by atoms with Crippen molar-refractivity contribution in [3.8, 4) is 0 Å². The van der Waals surface area contributed by atoms with E-state index in [-0.39, 0.29) is 11.7 Å². The Kier molecular flexibility index (Phi) is 4.58. The second-order valence-electron chi connectivity index (χ2n) is 5.48. The van der Waals surface area contributed by atoms with Gasteiger partial charge in [0.2, 0.25) is 0 Å². The molecule has 0 bridgehead atoms. The first-order valence-electron chi connectivity index (χ1n) is 6.92. The van der Waals surface area contributed by atoms with Crippen molar-refractivity contribution >= 4 is 11.4 Å². The molecule has 4 heteroatoms. The van der Waals surface area contributed by atoms with Gasteiger partial charge in [0.05, 0.1) is 0 Å². The fourth-order valence-corrected chi connectivity index (χ4v) is 2.33. The van der Waals surface area contributed by atoms with Gasteiger partial charge in [0.1, 0.15) is 17.3 Å². The number of hydrogen-bond donors (Lipinski definition) is 1. The fraction of sp³-hybridized carbons (Fsp3) is 0.294. The van der Waals surface area contributed by atoms with Gasteiger partial charge in [-0.2, -0.15) is 0 Å². The summed E-state index contributed by atoms with van der Waals surface area (Å²) in [6, 6.07) is 10.1. The zero-order valence-corrected chi connectivity index (χ0v) is 12.5. The lowest BCUT2D eigenvalue weighted by molar-refractivity contribution is 0.578. The minimum Gasteiger partial charge on any atom is -0.340 e. The van der Waals surface area contributed by atoms with E-state index in [4.69, 9.17) is 5.73 Å². The molecule has 0 aliphatic heterocycles. The number of anilines is 2. The Bertz CT molecular complexity index is 598. The predicted octanol–water partition coefficient (Wildman–Crippen LogP) is 3.93. The summed E-state index contributed by atoms with van der Waals surface area (Å²) in [6.07, 6.45) is 0.447. The number of nitrogens with zero attached hydrogens (tertiary/aromatic N) is 1. The monoisotopic (exact) mass is 290 g/mol. The molecule has 0 saturated heterocycles. The number of halogens is 2. The molecule has 1 unspecified atom stereocenters. The molecular formula is C17H20F2N2. The number of nitrogens with two attached hydrogens (primary N) is 1. The van der Waals surface area contributed by atoms with Gasteiger partial charge in [0.15, 0.2) is 0 Å². The van der Waals surface area contributed by atoms with Crippen LogP contribution >= 0.6 is 0 Å². The van der Waals surface area contributed by atoms with Gasteiger partial charge >= 0.3 is 0 Å². The Hall–Kier alpha value is -1.94. The molecule has 0 radical (unpaired) electrons. The van der Waals surface area contributed by atoms with E-state index in [1.54, 1.807) is 7.05 Å². The van der Waals surface area contributed by atoms with Crippen molar-refractivity contribution in [1.82, 2.24) is 0 Å². The van der Waals surface area contributed by atoms with Gasteiger partial charge in [-0.1, -0.05) is 17.7 Å². The lowest BCUT2D eigenvalue weighted by Gasteiger charge is -2.21. The highest BCUT2D eigenvalue weighted by Crippen LogP contribution is 2.30. The average Bonchev–Trinajstić information content (AvgIpc) is 2.37. The Labute approximate surface area is 124 Å². The summed E-state index contributed by atoms with van der Waals surface area (Å²) in [4.78, 5) is 1.51. The predicted molar refractivity (Wildman–Crippen MR) is 83.0 cm³/mol. The van der Waals surface area contributed by atoms with Crippen molar-refractivity contribution in [2.75, 3.05) is 11.9 Å². The average molecular weight is 290 g/mol. The molecule has 0 aromatic heterocycles. The first kappa shape index (κ1) is 15.4. The third-order valence-electron chi connectivity index (χ3n) is 3.39. The van der Waals surface area contributed by atoms with Crippen LogP contribution in [0.5, 0.6) is 0 Å². The lowest BCUT2D eigenvalue weighted by Crippen LogP contribution is -2.19. The van der Waals surface area contributed by atoms with Gasteiger partial charge in [-0.25, -0.2) is 8.78 Å². The van der Waals surface area contributed by atoms with E-state index in [0.29, 0.717) is 12.0 Å². The fourth-order valence-electron chi connectivity index (χ4n) is 2.33. The van der Waals surface area contributed by atoms with Crippen LogP contribution < -0.4 is 10.6 Å². The summed E-state index contributed by atoms with van der Waals surface area (Å²) >= 11 is 0. The summed E-state index contributed by atoms with van der Waals surface area (Å²) in [5, 5.41) is 0. The van der Waals surface area contributed by atoms with Crippen LogP contribution in [-0.2, 0) is 6.42 Å². The van der Waals surface area contributed by atoms with Crippen LogP contribution in [0.15, 0.2) is 36.4 Å². The van der Waals surface area contributed by atoms with Gasteiger partial charge in [-0.05, 0) is 50.1 Å². The van der Waals surface area contributed by atoms with Crippen LogP contribution in [0.25, 0.3) is 0 Å². The van der Waals surface area contributed by atoms with Gasteiger partial charge < -0.3 is 10.6 Å². The first-order valence-corrected chi connectivity index (χ1v) is 6.92. The zero-order valence-electron chi connectivity index (χ0n) is 12.5. The summed E-state index contributed by atoms with van der Waals surface area (Å²) in [6.45, 7) is 3.77. The first-order chi connectivity index (χ1) is 9.88. The molecule has 0 spiro atoms. The quantitative estimate of drug-likeness (QED) is 0.924. The molecule has 1 atom stereocenters. The van der Waals surface area contributed by atoms with Crippen LogP contribution in [-0.4, -0.2) is 13.1 Å². The Morgan fingerprint density at radius 3 is 2.10 bits per heavy atom. The molecule has 2 rings (SSSR count). The molecule has 0 amide bonds. The smallest absolute Gasteiger partial charge is 0.150 e. The van der Waals surface area contributed by atoms with Gasteiger partial charge in [-0.3, -0.25) is 0 Å². The maximum absolute atomic E-state index is 14.3. The van der Waals surface area contributed by atoms with E-state index in [1.807, 2.05) is 38.1 Å². The molecule has 0 heterocycles. The Balaban J connectivity index is 2.37. The van der Waals surface area contributed by atoms with Crippen molar-refractivity contribution in [2.45, 2.75) is 26.3 Å².